The van der Waals surface area contributed by atoms with Gasteiger partial charge < -0.3 is 9.47 Å². The van der Waals surface area contributed by atoms with Crippen LogP contribution in [0.15, 0.2) is 42.5 Å². The zero-order valence-electron chi connectivity index (χ0n) is 15.2. The molecule has 0 fully saturated rings. The Hall–Kier alpha value is -2.87. The largest absolute Gasteiger partial charge is 0.469 e. The lowest BCUT2D eigenvalue weighted by Crippen LogP contribution is -2.11. The molecular weight excluding hydrogens is 413 g/mol. The van der Waals surface area contributed by atoms with E-state index in [9.17, 15) is 27.6 Å². The third kappa shape index (κ3) is 6.60. The molecule has 0 saturated heterocycles. The first-order valence-electron chi connectivity index (χ1n) is 8.36. The van der Waals surface area contributed by atoms with Gasteiger partial charge in [0.2, 0.25) is 0 Å². The lowest BCUT2D eigenvalue weighted by Gasteiger charge is -2.11. The third-order valence-electron chi connectivity index (χ3n) is 3.84. The minimum absolute atomic E-state index is 0.00229. The van der Waals surface area contributed by atoms with Gasteiger partial charge in [-0.2, -0.15) is 13.2 Å². The normalized spacial score (nSPS) is 11.1. The standard InChI is InChI=1S/C20H16ClF3O5/c1-28-19(27)11-14(25)6-7-17(26)12-3-2-4-15(9-12)29-18-8-5-13(10-16(18)21)20(22,23)24/h2-5,8-10H,6-7,11H2,1H3. The molecule has 5 nitrogen and oxygen atoms in total. The fourth-order valence-corrected chi connectivity index (χ4v) is 2.56. The molecule has 0 heterocycles. The Kier molecular flexibility index (Phi) is 7.39. The fraction of sp³-hybridized carbons (Fsp3) is 0.250. The van der Waals surface area contributed by atoms with Crippen LogP contribution in [0.5, 0.6) is 11.5 Å². The first kappa shape index (κ1) is 22.4. The van der Waals surface area contributed by atoms with Crippen molar-refractivity contribution in [1.29, 1.82) is 0 Å². The van der Waals surface area contributed by atoms with Crippen LogP contribution in [0.4, 0.5) is 13.2 Å². The summed E-state index contributed by atoms with van der Waals surface area (Å²) in [6.07, 6.45) is -5.16. The van der Waals surface area contributed by atoms with Crippen molar-refractivity contribution < 1.29 is 37.0 Å². The second-order valence-electron chi connectivity index (χ2n) is 5.99. The van der Waals surface area contributed by atoms with E-state index in [4.69, 9.17) is 16.3 Å². The minimum Gasteiger partial charge on any atom is -0.469 e. The number of alkyl halides is 3. The van der Waals surface area contributed by atoms with Crippen LogP contribution in [-0.2, 0) is 20.5 Å². The summed E-state index contributed by atoms with van der Waals surface area (Å²) in [4.78, 5) is 34.9. The topological polar surface area (TPSA) is 69.7 Å². The predicted molar refractivity (Wildman–Crippen MR) is 98.2 cm³/mol. The summed E-state index contributed by atoms with van der Waals surface area (Å²) in [7, 11) is 1.16. The van der Waals surface area contributed by atoms with Crippen molar-refractivity contribution in [3.05, 3.63) is 58.6 Å². The number of hydrogen-bond donors (Lipinski definition) is 0. The molecule has 0 aromatic heterocycles. The van der Waals surface area contributed by atoms with Gasteiger partial charge in [-0.3, -0.25) is 14.4 Å². The molecule has 9 heteroatoms. The number of carbonyl (C=O) groups excluding carboxylic acids is 3. The second kappa shape index (κ2) is 9.56. The van der Waals surface area contributed by atoms with E-state index in [1.807, 2.05) is 0 Å². The molecule has 2 rings (SSSR count). The van der Waals surface area contributed by atoms with Crippen molar-refractivity contribution in [2.75, 3.05) is 7.11 Å². The maximum atomic E-state index is 12.7. The number of ketones is 2. The molecule has 0 spiro atoms. The van der Waals surface area contributed by atoms with Crippen LogP contribution in [0.25, 0.3) is 0 Å². The van der Waals surface area contributed by atoms with Crippen LogP contribution >= 0.6 is 11.6 Å². The smallest absolute Gasteiger partial charge is 0.416 e. The predicted octanol–water partition coefficient (Wildman–Crippen LogP) is 5.25. The summed E-state index contributed by atoms with van der Waals surface area (Å²) in [6.45, 7) is 0. The number of methoxy groups -OCH3 is 1. The number of ether oxygens (including phenoxy) is 2. The minimum atomic E-state index is -4.53. The van der Waals surface area contributed by atoms with Crippen molar-refractivity contribution in [1.82, 2.24) is 0 Å². The highest BCUT2D eigenvalue weighted by molar-refractivity contribution is 6.32. The van der Waals surface area contributed by atoms with Crippen molar-refractivity contribution in [2.24, 2.45) is 0 Å². The van der Waals surface area contributed by atoms with Crippen LogP contribution in [0.3, 0.4) is 0 Å². The molecule has 0 radical (unpaired) electrons. The Morgan fingerprint density at radius 1 is 1.03 bits per heavy atom. The molecular formula is C20H16ClF3O5. The molecule has 0 amide bonds. The monoisotopic (exact) mass is 428 g/mol. The first-order chi connectivity index (χ1) is 13.6. The zero-order valence-corrected chi connectivity index (χ0v) is 16.0. The van der Waals surface area contributed by atoms with Crippen LogP contribution in [0.1, 0.15) is 35.2 Å². The van der Waals surface area contributed by atoms with Gasteiger partial charge in [0.25, 0.3) is 0 Å². The molecule has 0 unspecified atom stereocenters. The summed E-state index contributed by atoms with van der Waals surface area (Å²) in [6, 6.07) is 8.60. The van der Waals surface area contributed by atoms with Crippen LogP contribution < -0.4 is 4.74 Å². The molecule has 0 bridgehead atoms. The van der Waals surface area contributed by atoms with Crippen LogP contribution in [0.2, 0.25) is 5.02 Å². The Labute approximate surface area is 169 Å². The zero-order chi connectivity index (χ0) is 21.6. The lowest BCUT2D eigenvalue weighted by atomic mass is 10.0. The van der Waals surface area contributed by atoms with Crippen molar-refractivity contribution in [3.8, 4) is 11.5 Å². The van der Waals surface area contributed by atoms with Gasteiger partial charge >= 0.3 is 12.1 Å². The highest BCUT2D eigenvalue weighted by Crippen LogP contribution is 2.36. The average Bonchev–Trinajstić information content (AvgIpc) is 2.67. The van der Waals surface area contributed by atoms with Gasteiger partial charge in [-0.25, -0.2) is 0 Å². The molecule has 0 N–H and O–H groups in total. The SMILES string of the molecule is COC(=O)CC(=O)CCC(=O)c1cccc(Oc2ccc(C(F)(F)F)cc2Cl)c1. The molecule has 2 aromatic rings. The summed E-state index contributed by atoms with van der Waals surface area (Å²) >= 11 is 5.86. The second-order valence-corrected chi connectivity index (χ2v) is 6.39. The molecule has 2 aromatic carbocycles. The van der Waals surface area contributed by atoms with Gasteiger partial charge in [-0.15, -0.1) is 0 Å². The van der Waals surface area contributed by atoms with E-state index in [2.05, 4.69) is 4.74 Å². The molecule has 154 valence electrons. The van der Waals surface area contributed by atoms with Gasteiger partial charge in [0.1, 0.15) is 23.7 Å². The van der Waals surface area contributed by atoms with E-state index >= 15 is 0 Å². The maximum Gasteiger partial charge on any atom is 0.416 e. The van der Waals surface area contributed by atoms with Crippen molar-refractivity contribution in [2.45, 2.75) is 25.4 Å². The maximum absolute atomic E-state index is 12.7. The van der Waals surface area contributed by atoms with E-state index in [-0.39, 0.29) is 40.7 Å². The summed E-state index contributed by atoms with van der Waals surface area (Å²) in [5.74, 6) is -1.26. The fourth-order valence-electron chi connectivity index (χ4n) is 2.34. The van der Waals surface area contributed by atoms with Gasteiger partial charge in [0.15, 0.2) is 5.78 Å². The Bertz CT molecular complexity index is 925. The van der Waals surface area contributed by atoms with E-state index in [0.29, 0.717) is 0 Å². The summed E-state index contributed by atoms with van der Waals surface area (Å²) in [5.41, 5.74) is -0.660. The van der Waals surface area contributed by atoms with E-state index in [0.717, 1.165) is 25.3 Å². The van der Waals surface area contributed by atoms with Crippen LogP contribution in [-0.4, -0.2) is 24.6 Å². The van der Waals surface area contributed by atoms with Gasteiger partial charge in [0.05, 0.1) is 17.7 Å². The Morgan fingerprint density at radius 2 is 1.76 bits per heavy atom. The number of carbonyl (C=O) groups is 3. The number of halogens is 4. The van der Waals surface area contributed by atoms with Crippen molar-refractivity contribution >= 4 is 29.1 Å². The van der Waals surface area contributed by atoms with Gasteiger partial charge in [-0.1, -0.05) is 23.7 Å². The third-order valence-corrected chi connectivity index (χ3v) is 4.14. The molecule has 0 aliphatic heterocycles. The molecule has 0 aliphatic rings. The van der Waals surface area contributed by atoms with E-state index in [1.165, 1.54) is 24.3 Å². The summed E-state index contributed by atoms with van der Waals surface area (Å²) < 4.78 is 48.0. The van der Waals surface area contributed by atoms with Gasteiger partial charge in [0, 0.05) is 18.4 Å². The molecule has 0 saturated carbocycles. The molecule has 0 aliphatic carbocycles. The highest BCUT2D eigenvalue weighted by atomic mass is 35.5. The quantitative estimate of drug-likeness (QED) is 0.326. The Morgan fingerprint density at radius 3 is 2.38 bits per heavy atom. The number of benzene rings is 2. The number of esters is 1. The van der Waals surface area contributed by atoms with E-state index < -0.39 is 29.9 Å². The van der Waals surface area contributed by atoms with Crippen molar-refractivity contribution in [3.63, 3.8) is 0 Å². The number of Topliss-reactive ketones (excluding diaryl/α,β-unsaturated/α-hetero) is 2. The lowest BCUT2D eigenvalue weighted by molar-refractivity contribution is -0.143. The van der Waals surface area contributed by atoms with Crippen LogP contribution in [0, 0.1) is 0 Å². The number of hydrogen-bond acceptors (Lipinski definition) is 5. The molecule has 0 atom stereocenters. The highest BCUT2D eigenvalue weighted by Gasteiger charge is 2.31. The Balaban J connectivity index is 2.05. The number of rotatable bonds is 8. The first-order valence-corrected chi connectivity index (χ1v) is 8.74. The van der Waals surface area contributed by atoms with Gasteiger partial charge in [-0.05, 0) is 30.3 Å². The summed E-state index contributed by atoms with van der Waals surface area (Å²) in [5, 5.41) is -0.232. The van der Waals surface area contributed by atoms with E-state index in [1.54, 1.807) is 0 Å². The average molecular weight is 429 g/mol. The molecule has 29 heavy (non-hydrogen) atoms.